The van der Waals surface area contributed by atoms with Crippen LogP contribution in [0.2, 0.25) is 0 Å². The minimum absolute atomic E-state index is 0.0825. The summed E-state index contributed by atoms with van der Waals surface area (Å²) < 4.78 is 32.5. The quantitative estimate of drug-likeness (QED) is 0.686. The Morgan fingerprint density at radius 3 is 2.48 bits per heavy atom. The number of ether oxygens (including phenoxy) is 1. The summed E-state index contributed by atoms with van der Waals surface area (Å²) in [5, 5.41) is 0. The van der Waals surface area contributed by atoms with Crippen molar-refractivity contribution in [3.05, 3.63) is 23.8 Å². The molecule has 1 aromatic rings. The molecule has 0 aromatic heterocycles. The van der Waals surface area contributed by atoms with Crippen molar-refractivity contribution in [1.82, 2.24) is 4.31 Å². The third kappa shape index (κ3) is 4.34. The van der Waals surface area contributed by atoms with Crippen molar-refractivity contribution < 1.29 is 13.2 Å². The Labute approximate surface area is 133 Å². The number of sulfonamides is 1. The van der Waals surface area contributed by atoms with Gasteiger partial charge < -0.3 is 4.74 Å². The fourth-order valence-corrected chi connectivity index (χ4v) is 4.40. The van der Waals surface area contributed by atoms with Crippen molar-refractivity contribution in [3.8, 4) is 5.75 Å². The van der Waals surface area contributed by atoms with Crippen LogP contribution in [0.25, 0.3) is 0 Å². The zero-order chi connectivity index (χ0) is 16.0. The Kier molecular flexibility index (Phi) is 6.97. The Morgan fingerprint density at radius 2 is 2.00 bits per heavy atom. The third-order valence-electron chi connectivity index (χ3n) is 3.24. The zero-order valence-electron chi connectivity index (χ0n) is 13.1. The summed E-state index contributed by atoms with van der Waals surface area (Å²) in [5.74, 6) is 1.01. The van der Waals surface area contributed by atoms with Gasteiger partial charge in [0, 0.05) is 18.5 Å². The summed E-state index contributed by atoms with van der Waals surface area (Å²) in [5.41, 5.74) is 0.700. The zero-order valence-corrected chi connectivity index (χ0v) is 14.7. The van der Waals surface area contributed by atoms with Gasteiger partial charge in [-0.1, -0.05) is 6.92 Å². The molecule has 0 aliphatic heterocycles. The van der Waals surface area contributed by atoms with Gasteiger partial charge in [-0.2, -0.15) is 4.31 Å². The van der Waals surface area contributed by atoms with E-state index < -0.39 is 10.0 Å². The molecule has 0 N–H and O–H groups in total. The van der Waals surface area contributed by atoms with E-state index in [0.29, 0.717) is 35.1 Å². The Hall–Kier alpha value is -0.780. The molecule has 0 aliphatic carbocycles. The number of hydrogen-bond acceptors (Lipinski definition) is 3. The summed E-state index contributed by atoms with van der Waals surface area (Å²) in [7, 11) is -1.96. The first kappa shape index (κ1) is 18.3. The van der Waals surface area contributed by atoms with Crippen molar-refractivity contribution in [2.45, 2.75) is 44.6 Å². The largest absolute Gasteiger partial charge is 0.497 e. The second-order valence-electron chi connectivity index (χ2n) is 5.12. The van der Waals surface area contributed by atoms with Crippen molar-refractivity contribution >= 4 is 21.6 Å². The number of rotatable bonds is 8. The molecule has 0 spiro atoms. The van der Waals surface area contributed by atoms with Crippen molar-refractivity contribution in [3.63, 3.8) is 0 Å². The molecule has 1 rings (SSSR count). The van der Waals surface area contributed by atoms with Crippen LogP contribution in [-0.4, -0.2) is 38.3 Å². The van der Waals surface area contributed by atoms with Crippen LogP contribution in [0.4, 0.5) is 0 Å². The molecule has 120 valence electrons. The maximum atomic E-state index is 12.9. The first-order chi connectivity index (χ1) is 9.88. The molecule has 0 saturated carbocycles. The standard InChI is InChI=1S/C15H24ClNO3S/c1-5-10-17(12(2)3)21(18,19)15-7-6-14(20-4)11-13(15)8-9-16/h6-7,11-12H,5,8-10H2,1-4H3. The molecule has 0 radical (unpaired) electrons. The van der Waals surface area contributed by atoms with Crippen LogP contribution in [0.3, 0.4) is 0 Å². The highest BCUT2D eigenvalue weighted by Crippen LogP contribution is 2.26. The predicted molar refractivity (Wildman–Crippen MR) is 86.7 cm³/mol. The van der Waals surface area contributed by atoms with Crippen LogP contribution >= 0.6 is 11.6 Å². The second-order valence-corrected chi connectivity index (χ2v) is 7.36. The Morgan fingerprint density at radius 1 is 1.33 bits per heavy atom. The van der Waals surface area contributed by atoms with Crippen molar-refractivity contribution in [2.24, 2.45) is 0 Å². The predicted octanol–water partition coefficient (Wildman–Crippen LogP) is 3.29. The van der Waals surface area contributed by atoms with Gasteiger partial charge in [-0.05, 0) is 50.5 Å². The molecule has 4 nitrogen and oxygen atoms in total. The summed E-state index contributed by atoms with van der Waals surface area (Å²) in [6.07, 6.45) is 1.27. The number of methoxy groups -OCH3 is 1. The number of aryl methyl sites for hydroxylation is 1. The van der Waals surface area contributed by atoms with Crippen molar-refractivity contribution in [2.75, 3.05) is 19.5 Å². The molecule has 0 aliphatic rings. The Balaban J connectivity index is 3.34. The van der Waals surface area contributed by atoms with Gasteiger partial charge in [0.2, 0.25) is 10.0 Å². The minimum atomic E-state index is -3.52. The van der Waals surface area contributed by atoms with Crippen molar-refractivity contribution in [1.29, 1.82) is 0 Å². The molecule has 1 aromatic carbocycles. The van der Waals surface area contributed by atoms with Gasteiger partial charge in [0.1, 0.15) is 5.75 Å². The first-order valence-corrected chi connectivity index (χ1v) is 9.10. The number of benzene rings is 1. The van der Waals surface area contributed by atoms with Gasteiger partial charge in [-0.3, -0.25) is 0 Å². The summed E-state index contributed by atoms with van der Waals surface area (Å²) in [6.45, 7) is 6.25. The average Bonchev–Trinajstić information content (AvgIpc) is 2.44. The lowest BCUT2D eigenvalue weighted by Gasteiger charge is -2.26. The number of nitrogens with zero attached hydrogens (tertiary/aromatic N) is 1. The number of halogens is 1. The highest BCUT2D eigenvalue weighted by atomic mass is 35.5. The lowest BCUT2D eigenvalue weighted by atomic mass is 10.1. The molecule has 0 amide bonds. The SMILES string of the molecule is CCCN(C(C)C)S(=O)(=O)c1ccc(OC)cc1CCCl. The maximum Gasteiger partial charge on any atom is 0.243 e. The molecule has 21 heavy (non-hydrogen) atoms. The van der Waals surface area contributed by atoms with E-state index in [9.17, 15) is 8.42 Å². The topological polar surface area (TPSA) is 46.6 Å². The minimum Gasteiger partial charge on any atom is -0.497 e. The van der Waals surface area contributed by atoms with Gasteiger partial charge >= 0.3 is 0 Å². The van der Waals surface area contributed by atoms with Crippen LogP contribution in [0, 0.1) is 0 Å². The molecule has 0 fully saturated rings. The van der Waals surface area contributed by atoms with Gasteiger partial charge in [0.05, 0.1) is 12.0 Å². The fourth-order valence-electron chi connectivity index (χ4n) is 2.23. The van der Waals surface area contributed by atoms with E-state index >= 15 is 0 Å². The van der Waals surface area contributed by atoms with Gasteiger partial charge in [0.15, 0.2) is 0 Å². The normalized spacial score (nSPS) is 12.1. The van der Waals surface area contributed by atoms with E-state index in [1.165, 1.54) is 4.31 Å². The molecule has 0 heterocycles. The van der Waals surface area contributed by atoms with E-state index in [0.717, 1.165) is 6.42 Å². The third-order valence-corrected chi connectivity index (χ3v) is 5.60. The van der Waals surface area contributed by atoms with Gasteiger partial charge in [-0.15, -0.1) is 11.6 Å². The Bertz CT molecular complexity index is 558. The molecule has 0 bridgehead atoms. The van der Waals surface area contributed by atoms with Crippen LogP contribution in [0.1, 0.15) is 32.8 Å². The molecule has 0 saturated heterocycles. The van der Waals surface area contributed by atoms with Crippen LogP contribution in [-0.2, 0) is 16.4 Å². The second kappa shape index (κ2) is 8.01. The monoisotopic (exact) mass is 333 g/mol. The summed E-state index contributed by atoms with van der Waals surface area (Å²) in [4.78, 5) is 0.325. The van der Waals surface area contributed by atoms with E-state index in [4.69, 9.17) is 16.3 Å². The highest BCUT2D eigenvalue weighted by molar-refractivity contribution is 7.89. The number of alkyl halides is 1. The lowest BCUT2D eigenvalue weighted by molar-refractivity contribution is 0.353. The average molecular weight is 334 g/mol. The molecule has 0 atom stereocenters. The maximum absolute atomic E-state index is 12.9. The molecule has 0 unspecified atom stereocenters. The lowest BCUT2D eigenvalue weighted by Crippen LogP contribution is -2.38. The highest BCUT2D eigenvalue weighted by Gasteiger charge is 2.28. The van der Waals surface area contributed by atoms with E-state index in [1.54, 1.807) is 25.3 Å². The smallest absolute Gasteiger partial charge is 0.243 e. The molecule has 6 heteroatoms. The van der Waals surface area contributed by atoms with Crippen LogP contribution in [0.15, 0.2) is 23.1 Å². The van der Waals surface area contributed by atoms with E-state index in [-0.39, 0.29) is 6.04 Å². The first-order valence-electron chi connectivity index (χ1n) is 7.13. The van der Waals surface area contributed by atoms with E-state index in [1.807, 2.05) is 20.8 Å². The molecular formula is C15H24ClNO3S. The summed E-state index contributed by atoms with van der Waals surface area (Å²) in [6, 6.07) is 4.96. The fraction of sp³-hybridized carbons (Fsp3) is 0.600. The molecular weight excluding hydrogens is 310 g/mol. The van der Waals surface area contributed by atoms with Gasteiger partial charge in [-0.25, -0.2) is 8.42 Å². The van der Waals surface area contributed by atoms with Gasteiger partial charge in [0.25, 0.3) is 0 Å². The summed E-state index contributed by atoms with van der Waals surface area (Å²) >= 11 is 5.81. The van der Waals surface area contributed by atoms with Crippen LogP contribution < -0.4 is 4.74 Å². The van der Waals surface area contributed by atoms with Crippen LogP contribution in [0.5, 0.6) is 5.75 Å². The van der Waals surface area contributed by atoms with E-state index in [2.05, 4.69) is 0 Å². The number of hydrogen-bond donors (Lipinski definition) is 0.